The zero-order valence-corrected chi connectivity index (χ0v) is 10.1. The maximum atomic E-state index is 8.74. The Labute approximate surface area is 103 Å². The molecule has 0 aliphatic heterocycles. The first-order valence-corrected chi connectivity index (χ1v) is 2.10. The summed E-state index contributed by atoms with van der Waals surface area (Å²) in [5.41, 5.74) is 0. The summed E-state index contributed by atoms with van der Waals surface area (Å²) in [5, 5.41) is 0. The molecule has 0 amide bonds. The SMILES string of the molecule is O=S(=O)(O)O.[Co].[Mn].[Ni].[Zr]. The van der Waals surface area contributed by atoms with E-state index in [4.69, 9.17) is 17.5 Å². The van der Waals surface area contributed by atoms with Gasteiger partial charge in [0.15, 0.2) is 0 Å². The third kappa shape index (κ3) is 136. The molecule has 0 aliphatic carbocycles. The van der Waals surface area contributed by atoms with Crippen LogP contribution in [0.25, 0.3) is 0 Å². The molecule has 4 nitrogen and oxygen atoms in total. The summed E-state index contributed by atoms with van der Waals surface area (Å²) in [6.07, 6.45) is 0. The average molecular weight is 362 g/mol. The Balaban J connectivity index is -0.0000000133. The van der Waals surface area contributed by atoms with Gasteiger partial charge in [0.1, 0.15) is 0 Å². The van der Waals surface area contributed by atoms with E-state index in [0.717, 1.165) is 0 Å². The second kappa shape index (κ2) is 12.9. The van der Waals surface area contributed by atoms with Crippen molar-refractivity contribution in [3.63, 3.8) is 0 Å². The summed E-state index contributed by atoms with van der Waals surface area (Å²) in [6.45, 7) is 0. The predicted octanol–water partition coefficient (Wildman–Crippen LogP) is -0.663. The Kier molecular flexibility index (Phi) is 43.4. The first-order valence-electron chi connectivity index (χ1n) is 0.698. The van der Waals surface area contributed by atoms with Crippen LogP contribution in [0.2, 0.25) is 0 Å². The van der Waals surface area contributed by atoms with Crippen LogP contribution < -0.4 is 0 Å². The standard InChI is InChI=1S/Co.Mn.Ni.H2O4S.Zr/c;;;1-5(2,3)4;/h;;;(H2,1,2,3,4);. The molecule has 9 heteroatoms. The van der Waals surface area contributed by atoms with E-state index in [1.54, 1.807) is 0 Å². The summed E-state index contributed by atoms with van der Waals surface area (Å²) in [6, 6.07) is 0. The Hall–Kier alpha value is 2.27. The van der Waals surface area contributed by atoms with Gasteiger partial charge in [0.05, 0.1) is 0 Å². The number of hydrogen-bond acceptors (Lipinski definition) is 2. The van der Waals surface area contributed by atoms with E-state index >= 15 is 0 Å². The molecule has 0 heterocycles. The molecule has 0 fully saturated rings. The van der Waals surface area contributed by atoms with Gasteiger partial charge in [0, 0.05) is 76.5 Å². The largest absolute Gasteiger partial charge is 0.394 e. The molecule has 0 aromatic rings. The summed E-state index contributed by atoms with van der Waals surface area (Å²) in [5.74, 6) is 0. The van der Waals surface area contributed by atoms with Crippen LogP contribution in [0.4, 0.5) is 0 Å². The van der Waals surface area contributed by atoms with Gasteiger partial charge < -0.3 is 0 Å². The quantitative estimate of drug-likeness (QED) is 0.443. The molecule has 0 aromatic carbocycles. The first kappa shape index (κ1) is 30.2. The van der Waals surface area contributed by atoms with Crippen molar-refractivity contribution in [2.45, 2.75) is 0 Å². The summed E-state index contributed by atoms with van der Waals surface area (Å²) in [4.78, 5) is 0. The van der Waals surface area contributed by atoms with Crippen molar-refractivity contribution in [3.8, 4) is 0 Å². The maximum absolute atomic E-state index is 8.74. The van der Waals surface area contributed by atoms with E-state index in [-0.39, 0.29) is 76.5 Å². The molecular weight excluding hydrogens is 360 g/mol. The molecule has 0 spiro atoms. The summed E-state index contributed by atoms with van der Waals surface area (Å²) >= 11 is 0. The molecule has 9 heavy (non-hydrogen) atoms. The molecule has 2 N–H and O–H groups in total. The van der Waals surface area contributed by atoms with Gasteiger partial charge in [-0.2, -0.15) is 8.42 Å². The van der Waals surface area contributed by atoms with Crippen LogP contribution in [0.5, 0.6) is 0 Å². The summed E-state index contributed by atoms with van der Waals surface area (Å²) < 4.78 is 31.6. The van der Waals surface area contributed by atoms with E-state index in [1.807, 2.05) is 0 Å². The number of rotatable bonds is 0. The normalized spacial score (nSPS) is 6.44. The fourth-order valence-corrected chi connectivity index (χ4v) is 0. The summed E-state index contributed by atoms with van der Waals surface area (Å²) in [7, 11) is -4.67. The molecule has 0 rings (SSSR count). The van der Waals surface area contributed by atoms with Gasteiger partial charge in [0.25, 0.3) is 0 Å². The van der Waals surface area contributed by atoms with Crippen LogP contribution in [0.15, 0.2) is 0 Å². The van der Waals surface area contributed by atoms with E-state index in [0.29, 0.717) is 0 Å². The second-order valence-electron chi connectivity index (χ2n) is 0.448. The Morgan fingerprint density at radius 2 is 1.11 bits per heavy atom. The minimum Gasteiger partial charge on any atom is -0.264 e. The van der Waals surface area contributed by atoms with Gasteiger partial charge in [-0.3, -0.25) is 9.11 Å². The molecule has 62 valence electrons. The van der Waals surface area contributed by atoms with E-state index < -0.39 is 10.4 Å². The minimum atomic E-state index is -4.67. The van der Waals surface area contributed by atoms with Crippen LogP contribution in [0, 0.1) is 0 Å². The van der Waals surface area contributed by atoms with E-state index in [1.165, 1.54) is 0 Å². The van der Waals surface area contributed by atoms with Crippen LogP contribution >= 0.6 is 0 Å². The van der Waals surface area contributed by atoms with Crippen molar-refractivity contribution in [1.82, 2.24) is 0 Å². The van der Waals surface area contributed by atoms with Gasteiger partial charge in [-0.25, -0.2) is 0 Å². The molecule has 2 radical (unpaired) electrons. The fourth-order valence-electron chi connectivity index (χ4n) is 0. The van der Waals surface area contributed by atoms with Gasteiger partial charge in [-0.15, -0.1) is 0 Å². The van der Waals surface area contributed by atoms with Crippen LogP contribution in [-0.2, 0) is 86.9 Å². The zero-order valence-electron chi connectivity index (χ0n) is 3.65. The van der Waals surface area contributed by atoms with Crippen molar-refractivity contribution in [1.29, 1.82) is 0 Å². The molecule has 0 saturated carbocycles. The van der Waals surface area contributed by atoms with Crippen LogP contribution in [0.3, 0.4) is 0 Å². The Morgan fingerprint density at radius 3 is 1.11 bits per heavy atom. The Morgan fingerprint density at radius 1 is 1.11 bits per heavy atom. The van der Waals surface area contributed by atoms with Crippen molar-refractivity contribution >= 4 is 10.4 Å². The fraction of sp³-hybridized carbons (Fsp3) is 0. The average Bonchev–Trinajstić information content (AvgIpc) is 0.722. The molecule has 0 atom stereocenters. The maximum Gasteiger partial charge on any atom is 0.394 e. The van der Waals surface area contributed by atoms with Crippen molar-refractivity contribution in [3.05, 3.63) is 0 Å². The van der Waals surface area contributed by atoms with E-state index in [9.17, 15) is 0 Å². The van der Waals surface area contributed by atoms with E-state index in [2.05, 4.69) is 0 Å². The van der Waals surface area contributed by atoms with Crippen molar-refractivity contribution in [2.75, 3.05) is 0 Å². The smallest absolute Gasteiger partial charge is 0.264 e. The predicted molar refractivity (Wildman–Crippen MR) is 14.2 cm³/mol. The Bertz CT molecular complexity index is 104. The zero-order chi connectivity index (χ0) is 4.50. The first-order chi connectivity index (χ1) is 2.00. The second-order valence-corrected chi connectivity index (χ2v) is 1.34. The van der Waals surface area contributed by atoms with Gasteiger partial charge >= 0.3 is 10.4 Å². The number of hydrogen-bond donors (Lipinski definition) is 2. The third-order valence-electron chi connectivity index (χ3n) is 0. The monoisotopic (exact) mass is 360 g/mol. The molecule has 0 unspecified atom stereocenters. The van der Waals surface area contributed by atoms with Crippen LogP contribution in [0.1, 0.15) is 0 Å². The van der Waals surface area contributed by atoms with Gasteiger partial charge in [0.2, 0.25) is 0 Å². The van der Waals surface area contributed by atoms with Crippen LogP contribution in [-0.4, -0.2) is 17.5 Å². The van der Waals surface area contributed by atoms with Gasteiger partial charge in [-0.05, 0) is 0 Å². The minimum absolute atomic E-state index is 0. The molecule has 0 aliphatic rings. The topological polar surface area (TPSA) is 74.6 Å². The van der Waals surface area contributed by atoms with Crippen molar-refractivity contribution in [2.24, 2.45) is 0 Å². The van der Waals surface area contributed by atoms with Gasteiger partial charge in [-0.1, -0.05) is 0 Å². The molecule has 0 saturated heterocycles. The van der Waals surface area contributed by atoms with Crippen molar-refractivity contribution < 1.29 is 94.1 Å². The molecule has 0 aromatic heterocycles. The third-order valence-corrected chi connectivity index (χ3v) is 0. The molecular formula is H2CoMnNiO4SZr. The molecule has 0 bridgehead atoms.